The van der Waals surface area contributed by atoms with E-state index in [-0.39, 0.29) is 16.9 Å². The Kier molecular flexibility index (Phi) is 3.82. The first-order valence-corrected chi connectivity index (χ1v) is 7.22. The molecule has 0 aliphatic carbocycles. The quantitative estimate of drug-likeness (QED) is 0.855. The Hall–Kier alpha value is -2.22. The summed E-state index contributed by atoms with van der Waals surface area (Å²) >= 11 is 0. The molecule has 0 atom stereocenters. The van der Waals surface area contributed by atoms with Gasteiger partial charge in [0.25, 0.3) is 10.0 Å². The second kappa shape index (κ2) is 5.28. The van der Waals surface area contributed by atoms with Crippen LogP contribution in [-0.4, -0.2) is 8.42 Å². The number of nitrogens with one attached hydrogen (secondary N) is 1. The maximum atomic E-state index is 13.5. The average Bonchev–Trinajstić information content (AvgIpc) is 2.33. The third-order valence-electron chi connectivity index (χ3n) is 2.78. The summed E-state index contributed by atoms with van der Waals surface area (Å²) in [5.41, 5.74) is 5.27. The maximum absolute atomic E-state index is 13.5. The molecule has 2 aromatic rings. The van der Waals surface area contributed by atoms with Gasteiger partial charge in [0.1, 0.15) is 17.5 Å². The molecule has 2 aromatic carbocycles. The third kappa shape index (κ3) is 3.27. The van der Waals surface area contributed by atoms with E-state index in [2.05, 4.69) is 0 Å². The fourth-order valence-electron chi connectivity index (χ4n) is 1.66. The number of benzene rings is 2. The lowest BCUT2D eigenvalue weighted by Gasteiger charge is -2.10. The highest BCUT2D eigenvalue weighted by Crippen LogP contribution is 2.23. The van der Waals surface area contributed by atoms with Crippen LogP contribution in [-0.2, 0) is 10.0 Å². The van der Waals surface area contributed by atoms with Crippen LogP contribution in [0.25, 0.3) is 0 Å². The van der Waals surface area contributed by atoms with Crippen LogP contribution in [0, 0.1) is 24.4 Å². The highest BCUT2D eigenvalue weighted by atomic mass is 32.2. The first-order valence-electron chi connectivity index (χ1n) is 5.73. The Labute approximate surface area is 119 Å². The molecule has 0 saturated carbocycles. The fourth-order valence-corrected chi connectivity index (χ4v) is 2.74. The van der Waals surface area contributed by atoms with Gasteiger partial charge < -0.3 is 5.73 Å². The molecule has 0 spiro atoms. The minimum atomic E-state index is -4.21. The maximum Gasteiger partial charge on any atom is 0.262 e. The lowest BCUT2D eigenvalue weighted by atomic mass is 10.2. The van der Waals surface area contributed by atoms with Crippen LogP contribution in [0.3, 0.4) is 0 Å². The minimum Gasteiger partial charge on any atom is -0.398 e. The Bertz CT molecular complexity index is 764. The van der Waals surface area contributed by atoms with Gasteiger partial charge in [-0.05, 0) is 31.2 Å². The zero-order valence-corrected chi connectivity index (χ0v) is 11.6. The summed E-state index contributed by atoms with van der Waals surface area (Å²) in [4.78, 5) is -0.437. The Morgan fingerprint density at radius 1 is 1.00 bits per heavy atom. The summed E-state index contributed by atoms with van der Waals surface area (Å²) in [5, 5.41) is 0. The van der Waals surface area contributed by atoms with Crippen molar-refractivity contribution in [3.63, 3.8) is 0 Å². The van der Waals surface area contributed by atoms with Crippen LogP contribution in [0.2, 0.25) is 0 Å². The van der Waals surface area contributed by atoms with Gasteiger partial charge in [-0.15, -0.1) is 0 Å². The van der Waals surface area contributed by atoms with Crippen LogP contribution in [0.15, 0.2) is 35.2 Å². The molecular formula is C13H11F3N2O2S. The summed E-state index contributed by atoms with van der Waals surface area (Å²) in [5.74, 6) is -2.68. The van der Waals surface area contributed by atoms with Crippen LogP contribution in [0.1, 0.15) is 5.56 Å². The van der Waals surface area contributed by atoms with Crippen LogP contribution in [0.5, 0.6) is 0 Å². The molecule has 0 amide bonds. The van der Waals surface area contributed by atoms with Crippen molar-refractivity contribution in [2.24, 2.45) is 0 Å². The van der Waals surface area contributed by atoms with Crippen LogP contribution in [0.4, 0.5) is 24.5 Å². The zero-order valence-electron chi connectivity index (χ0n) is 10.8. The molecule has 0 heterocycles. The fraction of sp³-hybridized carbons (Fsp3) is 0.0769. The van der Waals surface area contributed by atoms with E-state index in [1.54, 1.807) is 0 Å². The number of rotatable bonds is 3. The first-order chi connectivity index (χ1) is 9.69. The van der Waals surface area contributed by atoms with Gasteiger partial charge in [0.15, 0.2) is 0 Å². The number of hydrogen-bond acceptors (Lipinski definition) is 3. The molecule has 4 nitrogen and oxygen atoms in total. The number of sulfonamides is 1. The zero-order chi connectivity index (χ0) is 15.8. The largest absolute Gasteiger partial charge is 0.398 e. The summed E-state index contributed by atoms with van der Waals surface area (Å²) in [6, 6.07) is 4.05. The van der Waals surface area contributed by atoms with Crippen molar-refractivity contribution in [1.29, 1.82) is 0 Å². The Morgan fingerprint density at radius 2 is 1.57 bits per heavy atom. The third-order valence-corrected chi connectivity index (χ3v) is 4.14. The Morgan fingerprint density at radius 3 is 2.10 bits per heavy atom. The Balaban J connectivity index is 2.43. The summed E-state index contributed by atoms with van der Waals surface area (Å²) in [7, 11) is -4.21. The highest BCUT2D eigenvalue weighted by molar-refractivity contribution is 7.92. The lowest BCUT2D eigenvalue weighted by molar-refractivity contribution is 0.583. The van der Waals surface area contributed by atoms with Gasteiger partial charge in [0.05, 0.1) is 10.6 Å². The summed E-state index contributed by atoms with van der Waals surface area (Å²) in [6.07, 6.45) is 0. The van der Waals surface area contributed by atoms with Crippen molar-refractivity contribution in [1.82, 2.24) is 0 Å². The van der Waals surface area contributed by atoms with Crippen molar-refractivity contribution in [3.8, 4) is 0 Å². The number of anilines is 2. The predicted octanol–water partition coefficient (Wildman–Crippen LogP) is 2.80. The molecule has 0 saturated heterocycles. The van der Waals surface area contributed by atoms with E-state index < -0.39 is 32.4 Å². The predicted molar refractivity (Wildman–Crippen MR) is 72.7 cm³/mol. The van der Waals surface area contributed by atoms with E-state index in [0.717, 1.165) is 24.3 Å². The van der Waals surface area contributed by atoms with Gasteiger partial charge >= 0.3 is 0 Å². The minimum absolute atomic E-state index is 0.0409. The average molecular weight is 316 g/mol. The standard InChI is InChI=1S/C13H11F3N2O2S/c1-7-12(16)5-11(6-13(7)17)21(19,20)18-10-3-8(14)2-9(15)4-10/h2-6,18H,17H2,1H3. The first kappa shape index (κ1) is 15.2. The highest BCUT2D eigenvalue weighted by Gasteiger charge is 2.18. The summed E-state index contributed by atoms with van der Waals surface area (Å²) < 4.78 is 65.7. The molecule has 0 aromatic heterocycles. The molecule has 0 fully saturated rings. The van der Waals surface area contributed by atoms with Gasteiger partial charge in [-0.2, -0.15) is 0 Å². The molecule has 21 heavy (non-hydrogen) atoms. The van der Waals surface area contributed by atoms with Crippen LogP contribution < -0.4 is 10.5 Å². The topological polar surface area (TPSA) is 72.2 Å². The van der Waals surface area contributed by atoms with E-state index in [0.29, 0.717) is 6.07 Å². The van der Waals surface area contributed by atoms with E-state index >= 15 is 0 Å². The normalized spacial score (nSPS) is 11.4. The molecule has 0 radical (unpaired) electrons. The molecule has 0 aliphatic rings. The molecule has 8 heteroatoms. The van der Waals surface area contributed by atoms with E-state index in [9.17, 15) is 21.6 Å². The van der Waals surface area contributed by atoms with Crippen molar-refractivity contribution in [2.45, 2.75) is 11.8 Å². The van der Waals surface area contributed by atoms with E-state index in [4.69, 9.17) is 5.73 Å². The van der Waals surface area contributed by atoms with E-state index in [1.165, 1.54) is 6.92 Å². The van der Waals surface area contributed by atoms with Gasteiger partial charge in [0.2, 0.25) is 0 Å². The van der Waals surface area contributed by atoms with Gasteiger partial charge in [0, 0.05) is 17.3 Å². The molecule has 0 aliphatic heterocycles. The van der Waals surface area contributed by atoms with E-state index in [1.807, 2.05) is 4.72 Å². The second-order valence-corrected chi connectivity index (χ2v) is 6.07. The smallest absolute Gasteiger partial charge is 0.262 e. The molecule has 0 unspecified atom stereocenters. The number of hydrogen-bond donors (Lipinski definition) is 2. The molecule has 0 bridgehead atoms. The second-order valence-electron chi connectivity index (χ2n) is 4.38. The van der Waals surface area contributed by atoms with Gasteiger partial charge in [-0.3, -0.25) is 4.72 Å². The molecular weight excluding hydrogens is 305 g/mol. The number of nitrogens with two attached hydrogens (primary N) is 1. The molecule has 112 valence electrons. The lowest BCUT2D eigenvalue weighted by Crippen LogP contribution is -2.14. The monoisotopic (exact) mass is 316 g/mol. The summed E-state index contributed by atoms with van der Waals surface area (Å²) in [6.45, 7) is 1.40. The molecule has 2 rings (SSSR count). The molecule has 3 N–H and O–H groups in total. The van der Waals surface area contributed by atoms with Crippen molar-refractivity contribution < 1.29 is 21.6 Å². The van der Waals surface area contributed by atoms with Crippen molar-refractivity contribution >= 4 is 21.4 Å². The SMILES string of the molecule is Cc1c(N)cc(S(=O)(=O)Nc2cc(F)cc(F)c2)cc1F. The number of nitrogen functional groups attached to an aromatic ring is 1. The van der Waals surface area contributed by atoms with Gasteiger partial charge in [-0.1, -0.05) is 0 Å². The van der Waals surface area contributed by atoms with Crippen molar-refractivity contribution in [2.75, 3.05) is 10.5 Å². The number of halogens is 3. The van der Waals surface area contributed by atoms with Gasteiger partial charge in [-0.25, -0.2) is 21.6 Å². The van der Waals surface area contributed by atoms with Crippen LogP contribution >= 0.6 is 0 Å². The van der Waals surface area contributed by atoms with Crippen molar-refractivity contribution in [3.05, 3.63) is 53.3 Å².